The van der Waals surface area contributed by atoms with Crippen LogP contribution in [-0.2, 0) is 16.1 Å². The fourth-order valence-corrected chi connectivity index (χ4v) is 2.21. The molecular formula is C17H17ClF3N3O2. The molecular weight excluding hydrogens is 371 g/mol. The van der Waals surface area contributed by atoms with Gasteiger partial charge in [0.2, 0.25) is 0 Å². The van der Waals surface area contributed by atoms with E-state index in [1.807, 2.05) is 0 Å². The molecule has 1 aromatic carbocycles. The van der Waals surface area contributed by atoms with E-state index in [2.05, 4.69) is 21.6 Å². The molecule has 1 aliphatic rings. The molecule has 2 rings (SSSR count). The van der Waals surface area contributed by atoms with Gasteiger partial charge < -0.3 is 15.8 Å². The minimum absolute atomic E-state index is 0.171. The number of ether oxygens (including phenoxy) is 1. The molecule has 1 aliphatic carbocycles. The zero-order valence-corrected chi connectivity index (χ0v) is 14.7. The van der Waals surface area contributed by atoms with Gasteiger partial charge in [-0.2, -0.15) is 0 Å². The first-order chi connectivity index (χ1) is 12.2. The third kappa shape index (κ3) is 4.78. The van der Waals surface area contributed by atoms with Crippen molar-refractivity contribution in [3.05, 3.63) is 58.3 Å². The number of rotatable bonds is 7. The molecule has 140 valence electrons. The van der Waals surface area contributed by atoms with Crippen LogP contribution in [-0.4, -0.2) is 18.8 Å². The van der Waals surface area contributed by atoms with Gasteiger partial charge in [0.1, 0.15) is 16.7 Å². The molecule has 0 atom stereocenters. The van der Waals surface area contributed by atoms with Gasteiger partial charge in [-0.05, 0) is 18.9 Å². The van der Waals surface area contributed by atoms with Crippen molar-refractivity contribution in [3.63, 3.8) is 0 Å². The number of nitrogens with one attached hydrogen (secondary N) is 1. The summed E-state index contributed by atoms with van der Waals surface area (Å²) in [5.74, 6) is -4.29. The van der Waals surface area contributed by atoms with Crippen LogP contribution in [0.15, 0.2) is 40.3 Å². The number of hydrogen-bond donors (Lipinski definition) is 2. The number of hydrogen-bond acceptors (Lipinski definition) is 5. The number of allylic oxidation sites excluding steroid dienone is 1. The minimum atomic E-state index is -1.30. The van der Waals surface area contributed by atoms with Crippen molar-refractivity contribution in [3.8, 4) is 0 Å². The number of carbonyl (C=O) groups excluding carboxylic acids is 1. The lowest BCUT2D eigenvalue weighted by atomic mass is 10.2. The van der Waals surface area contributed by atoms with Crippen LogP contribution in [0.25, 0.3) is 0 Å². The first-order valence-electron chi connectivity index (χ1n) is 7.63. The Hall–Kier alpha value is -2.48. The van der Waals surface area contributed by atoms with E-state index in [0.717, 1.165) is 20.0 Å². The summed E-state index contributed by atoms with van der Waals surface area (Å²) in [6.45, 7) is 3.48. The van der Waals surface area contributed by atoms with Crippen LogP contribution in [0.1, 0.15) is 18.4 Å². The van der Waals surface area contributed by atoms with Gasteiger partial charge in [-0.1, -0.05) is 18.2 Å². The van der Waals surface area contributed by atoms with Crippen LogP contribution in [0, 0.1) is 23.4 Å². The average Bonchev–Trinajstić information content (AvgIpc) is 3.45. The van der Waals surface area contributed by atoms with Crippen molar-refractivity contribution in [1.29, 1.82) is 0 Å². The molecule has 3 N–H and O–H groups in total. The lowest BCUT2D eigenvalue weighted by Crippen LogP contribution is -2.27. The molecule has 0 amide bonds. The molecule has 9 heteroatoms. The van der Waals surface area contributed by atoms with Crippen LogP contribution in [0.4, 0.5) is 13.2 Å². The molecule has 5 nitrogen and oxygen atoms in total. The number of halogens is 4. The molecule has 0 unspecified atom stereocenters. The fraction of sp³-hybridized carbons (Fsp3) is 0.294. The van der Waals surface area contributed by atoms with Gasteiger partial charge >= 0.3 is 5.97 Å². The van der Waals surface area contributed by atoms with Crippen LogP contribution in [0.5, 0.6) is 0 Å². The van der Waals surface area contributed by atoms with E-state index in [4.69, 9.17) is 17.3 Å². The number of carbonyl (C=O) groups is 1. The summed E-state index contributed by atoms with van der Waals surface area (Å²) in [6.07, 6.45) is 1.84. The van der Waals surface area contributed by atoms with E-state index in [9.17, 15) is 18.0 Å². The monoisotopic (exact) mass is 387 g/mol. The summed E-state index contributed by atoms with van der Waals surface area (Å²) >= 11 is 6.09. The number of nitrogens with two attached hydrogens (primary N) is 1. The molecule has 1 fully saturated rings. The zero-order chi connectivity index (χ0) is 19.4. The van der Waals surface area contributed by atoms with Crippen LogP contribution >= 0.6 is 11.6 Å². The Labute approximate surface area is 153 Å². The molecule has 1 aromatic rings. The second kappa shape index (κ2) is 8.27. The summed E-state index contributed by atoms with van der Waals surface area (Å²) in [4.78, 5) is 16.0. The van der Waals surface area contributed by atoms with Crippen LogP contribution < -0.4 is 11.1 Å². The van der Waals surface area contributed by atoms with Gasteiger partial charge in [-0.25, -0.2) is 23.0 Å². The number of nitrogens with zero attached hydrogens (tertiary/aromatic N) is 1. The van der Waals surface area contributed by atoms with E-state index < -0.39 is 23.4 Å². The molecule has 0 aliphatic heterocycles. The summed E-state index contributed by atoms with van der Waals surface area (Å²) in [7, 11) is 1.15. The summed E-state index contributed by atoms with van der Waals surface area (Å²) in [6, 6.07) is 1.12. The smallest absolute Gasteiger partial charge is 0.358 e. The standard InChI is InChI=1S/C17H17ClF3N3O2/c1-8(9-3-4-9)24-15(17(25)26-2)14(18)16(22)23-7-10-5-12(20)13(21)6-11(10)19/h5-6,9,23H,1,3-4,7,22H2,2H3/b16-14-,24-15+. The molecule has 0 aromatic heterocycles. The van der Waals surface area contributed by atoms with Gasteiger partial charge in [0.25, 0.3) is 0 Å². The highest BCUT2D eigenvalue weighted by Crippen LogP contribution is 2.36. The number of esters is 1. The first kappa shape index (κ1) is 19.8. The van der Waals surface area contributed by atoms with E-state index in [1.165, 1.54) is 0 Å². The zero-order valence-electron chi connectivity index (χ0n) is 13.9. The Kier molecular flexibility index (Phi) is 6.31. The third-order valence-electron chi connectivity index (χ3n) is 3.69. The molecule has 0 saturated heterocycles. The van der Waals surface area contributed by atoms with Crippen molar-refractivity contribution >= 4 is 23.3 Å². The number of benzene rings is 1. The predicted octanol–water partition coefficient (Wildman–Crippen LogP) is 3.10. The largest absolute Gasteiger partial charge is 0.464 e. The van der Waals surface area contributed by atoms with Crippen molar-refractivity contribution in [2.45, 2.75) is 19.4 Å². The lowest BCUT2D eigenvalue weighted by molar-refractivity contribution is -0.132. The second-order valence-electron chi connectivity index (χ2n) is 5.66. The summed E-state index contributed by atoms with van der Waals surface area (Å²) in [5.41, 5.74) is 5.83. The normalized spacial score (nSPS) is 15.3. The molecule has 0 bridgehead atoms. The topological polar surface area (TPSA) is 76.7 Å². The number of methoxy groups -OCH3 is 1. The number of aliphatic imine (C=N–C) groups is 1. The summed E-state index contributed by atoms with van der Waals surface area (Å²) < 4.78 is 44.4. The Balaban J connectivity index is 2.21. The van der Waals surface area contributed by atoms with Gasteiger partial charge in [0.15, 0.2) is 17.3 Å². The van der Waals surface area contributed by atoms with Crippen LogP contribution in [0.3, 0.4) is 0 Å². The molecule has 1 saturated carbocycles. The van der Waals surface area contributed by atoms with Gasteiger partial charge in [0.05, 0.1) is 7.11 Å². The third-order valence-corrected chi connectivity index (χ3v) is 4.07. The minimum Gasteiger partial charge on any atom is -0.464 e. The summed E-state index contributed by atoms with van der Waals surface area (Å²) in [5, 5.41) is 2.29. The van der Waals surface area contributed by atoms with Gasteiger partial charge in [-0.15, -0.1) is 0 Å². The maximum atomic E-state index is 13.6. The Bertz CT molecular complexity index is 805. The molecule has 0 radical (unpaired) electrons. The van der Waals surface area contributed by atoms with Crippen molar-refractivity contribution in [2.24, 2.45) is 16.6 Å². The quantitative estimate of drug-likeness (QED) is 0.428. The highest BCUT2D eigenvalue weighted by molar-refractivity contribution is 6.58. The van der Waals surface area contributed by atoms with E-state index in [0.29, 0.717) is 17.8 Å². The van der Waals surface area contributed by atoms with Gasteiger partial charge in [0, 0.05) is 29.8 Å². The van der Waals surface area contributed by atoms with Crippen molar-refractivity contribution < 1.29 is 22.7 Å². The van der Waals surface area contributed by atoms with Crippen LogP contribution in [0.2, 0.25) is 0 Å². The highest BCUT2D eigenvalue weighted by atomic mass is 35.5. The van der Waals surface area contributed by atoms with Crippen molar-refractivity contribution in [2.75, 3.05) is 7.11 Å². The fourth-order valence-electron chi connectivity index (χ4n) is 2.03. The van der Waals surface area contributed by atoms with Gasteiger partial charge in [-0.3, -0.25) is 0 Å². The maximum Gasteiger partial charge on any atom is 0.358 e. The molecule has 0 spiro atoms. The molecule has 0 heterocycles. The SMILES string of the molecule is C=C(/N=C(C(=O)OC)\C(Cl)=C(/N)NCc1cc(F)c(F)cc1F)C1CC1. The average molecular weight is 388 g/mol. The Morgan fingerprint density at radius 1 is 1.35 bits per heavy atom. The second-order valence-corrected chi connectivity index (χ2v) is 6.03. The highest BCUT2D eigenvalue weighted by Gasteiger charge is 2.27. The molecule has 26 heavy (non-hydrogen) atoms. The Morgan fingerprint density at radius 2 is 1.96 bits per heavy atom. The lowest BCUT2D eigenvalue weighted by Gasteiger charge is -2.11. The van der Waals surface area contributed by atoms with E-state index in [-0.39, 0.29) is 34.6 Å². The predicted molar refractivity (Wildman–Crippen MR) is 91.5 cm³/mol. The van der Waals surface area contributed by atoms with E-state index >= 15 is 0 Å². The first-order valence-corrected chi connectivity index (χ1v) is 8.01. The van der Waals surface area contributed by atoms with Crippen molar-refractivity contribution in [1.82, 2.24) is 5.32 Å². The Morgan fingerprint density at radius 3 is 2.54 bits per heavy atom. The maximum absolute atomic E-state index is 13.6. The van der Waals surface area contributed by atoms with E-state index in [1.54, 1.807) is 0 Å².